The molecule has 3 heterocycles. The van der Waals surface area contributed by atoms with Gasteiger partial charge in [-0.05, 0) is 35.9 Å². The molecule has 5 heteroatoms. The van der Waals surface area contributed by atoms with Crippen molar-refractivity contribution < 1.29 is 4.79 Å². The SMILES string of the molecule is CN1Cc2cc(-c3cccc4ccnn34)ccc2NC1=O. The van der Waals surface area contributed by atoms with E-state index in [1.54, 1.807) is 18.1 Å². The second-order valence-corrected chi connectivity index (χ2v) is 5.24. The van der Waals surface area contributed by atoms with Crippen LogP contribution in [0.1, 0.15) is 5.56 Å². The molecule has 1 aliphatic heterocycles. The number of hydrogen-bond donors (Lipinski definition) is 1. The van der Waals surface area contributed by atoms with Gasteiger partial charge < -0.3 is 10.2 Å². The Morgan fingerprint density at radius 1 is 1.19 bits per heavy atom. The molecule has 0 saturated heterocycles. The lowest BCUT2D eigenvalue weighted by Crippen LogP contribution is -2.35. The lowest BCUT2D eigenvalue weighted by Gasteiger charge is -2.26. The third-order valence-electron chi connectivity index (χ3n) is 3.82. The Morgan fingerprint density at radius 2 is 2.10 bits per heavy atom. The molecule has 4 rings (SSSR count). The molecule has 0 fully saturated rings. The zero-order valence-corrected chi connectivity index (χ0v) is 11.6. The van der Waals surface area contributed by atoms with Gasteiger partial charge in [-0.15, -0.1) is 0 Å². The number of pyridine rings is 1. The fourth-order valence-corrected chi connectivity index (χ4v) is 2.71. The maximum atomic E-state index is 11.7. The predicted molar refractivity (Wildman–Crippen MR) is 81.1 cm³/mol. The van der Waals surface area contributed by atoms with Crippen molar-refractivity contribution in [3.63, 3.8) is 0 Å². The lowest BCUT2D eigenvalue weighted by atomic mass is 10.0. The van der Waals surface area contributed by atoms with Crippen molar-refractivity contribution in [2.45, 2.75) is 6.54 Å². The van der Waals surface area contributed by atoms with Crippen LogP contribution in [0.4, 0.5) is 10.5 Å². The summed E-state index contributed by atoms with van der Waals surface area (Å²) in [7, 11) is 1.79. The van der Waals surface area contributed by atoms with Gasteiger partial charge in [-0.3, -0.25) is 0 Å². The monoisotopic (exact) mass is 278 g/mol. The van der Waals surface area contributed by atoms with Crippen molar-refractivity contribution in [2.24, 2.45) is 0 Å². The van der Waals surface area contributed by atoms with Gasteiger partial charge in [0, 0.05) is 24.8 Å². The standard InChI is InChI=1S/C16H14N4O/c1-19-10-12-9-11(5-6-14(12)18-16(19)21)15-4-2-3-13-7-8-17-20(13)15/h2-9H,10H2,1H3,(H,18,21). The quantitative estimate of drug-likeness (QED) is 0.744. The van der Waals surface area contributed by atoms with Gasteiger partial charge in [0.1, 0.15) is 0 Å². The first kappa shape index (κ1) is 12.0. The molecule has 0 aliphatic carbocycles. The number of amides is 2. The Bertz CT molecular complexity index is 852. The van der Waals surface area contributed by atoms with E-state index in [1.807, 2.05) is 40.9 Å². The van der Waals surface area contributed by atoms with Crippen molar-refractivity contribution in [1.82, 2.24) is 14.5 Å². The minimum Gasteiger partial charge on any atom is -0.323 e. The van der Waals surface area contributed by atoms with E-state index in [9.17, 15) is 4.79 Å². The molecule has 104 valence electrons. The van der Waals surface area contributed by atoms with Crippen LogP contribution in [-0.2, 0) is 6.54 Å². The van der Waals surface area contributed by atoms with Gasteiger partial charge in [0.25, 0.3) is 0 Å². The zero-order chi connectivity index (χ0) is 14.4. The molecule has 0 saturated carbocycles. The largest absolute Gasteiger partial charge is 0.323 e. The maximum Gasteiger partial charge on any atom is 0.321 e. The van der Waals surface area contributed by atoms with Gasteiger partial charge in [0.05, 0.1) is 17.4 Å². The summed E-state index contributed by atoms with van der Waals surface area (Å²) in [5.74, 6) is 0. The van der Waals surface area contributed by atoms with Gasteiger partial charge in [-0.1, -0.05) is 12.1 Å². The van der Waals surface area contributed by atoms with Crippen molar-refractivity contribution >= 4 is 17.2 Å². The number of fused-ring (bicyclic) bond motifs is 2. The van der Waals surface area contributed by atoms with E-state index in [-0.39, 0.29) is 6.03 Å². The molecule has 21 heavy (non-hydrogen) atoms. The first-order valence-corrected chi connectivity index (χ1v) is 6.80. The maximum absolute atomic E-state index is 11.7. The Morgan fingerprint density at radius 3 is 3.00 bits per heavy atom. The number of aromatic nitrogens is 2. The summed E-state index contributed by atoms with van der Waals surface area (Å²) in [6.45, 7) is 0.615. The molecular formula is C16H14N4O. The van der Waals surface area contributed by atoms with Gasteiger partial charge >= 0.3 is 6.03 Å². The second kappa shape index (κ2) is 4.34. The molecule has 2 aromatic heterocycles. The topological polar surface area (TPSA) is 49.6 Å². The Labute approximate surface area is 121 Å². The van der Waals surface area contributed by atoms with Gasteiger partial charge in [-0.2, -0.15) is 5.10 Å². The highest BCUT2D eigenvalue weighted by atomic mass is 16.2. The first-order chi connectivity index (χ1) is 10.2. The first-order valence-electron chi connectivity index (χ1n) is 6.80. The van der Waals surface area contributed by atoms with E-state index in [0.717, 1.165) is 28.0 Å². The van der Waals surface area contributed by atoms with Crippen LogP contribution in [0, 0.1) is 0 Å². The number of nitrogens with one attached hydrogen (secondary N) is 1. The van der Waals surface area contributed by atoms with Crippen LogP contribution in [0.5, 0.6) is 0 Å². The van der Waals surface area contributed by atoms with E-state index in [0.29, 0.717) is 6.54 Å². The van der Waals surface area contributed by atoms with Crippen LogP contribution in [0.15, 0.2) is 48.7 Å². The van der Waals surface area contributed by atoms with E-state index < -0.39 is 0 Å². The van der Waals surface area contributed by atoms with E-state index in [1.165, 1.54) is 0 Å². The fraction of sp³-hybridized carbons (Fsp3) is 0.125. The number of benzene rings is 1. The number of nitrogens with zero attached hydrogens (tertiary/aromatic N) is 3. The Balaban J connectivity index is 1.85. The Kier molecular flexibility index (Phi) is 2.47. The molecule has 0 atom stereocenters. The van der Waals surface area contributed by atoms with Crippen molar-refractivity contribution in [3.05, 3.63) is 54.2 Å². The molecule has 1 N–H and O–H groups in total. The number of carbonyl (C=O) groups excluding carboxylic acids is 1. The molecule has 3 aromatic rings. The number of hydrogen-bond acceptors (Lipinski definition) is 2. The van der Waals surface area contributed by atoms with Crippen LogP contribution in [0.2, 0.25) is 0 Å². The normalized spacial score (nSPS) is 14.1. The number of urea groups is 1. The molecule has 0 spiro atoms. The molecule has 1 aliphatic rings. The minimum atomic E-state index is -0.0653. The summed E-state index contributed by atoms with van der Waals surface area (Å²) in [6.07, 6.45) is 1.80. The second-order valence-electron chi connectivity index (χ2n) is 5.24. The molecule has 0 bridgehead atoms. The molecular weight excluding hydrogens is 264 g/mol. The third-order valence-corrected chi connectivity index (χ3v) is 3.82. The Hall–Kier alpha value is -2.82. The predicted octanol–water partition coefficient (Wildman–Crippen LogP) is 2.98. The van der Waals surface area contributed by atoms with E-state index in [2.05, 4.69) is 16.5 Å². The van der Waals surface area contributed by atoms with Crippen LogP contribution >= 0.6 is 0 Å². The molecule has 0 unspecified atom stereocenters. The summed E-state index contributed by atoms with van der Waals surface area (Å²) in [5.41, 5.74) is 5.19. The highest BCUT2D eigenvalue weighted by molar-refractivity contribution is 5.92. The number of anilines is 1. The third kappa shape index (κ3) is 1.86. The van der Waals surface area contributed by atoms with Crippen molar-refractivity contribution in [2.75, 3.05) is 12.4 Å². The molecule has 2 amide bonds. The molecule has 1 aromatic carbocycles. The van der Waals surface area contributed by atoms with Gasteiger partial charge in [0.15, 0.2) is 0 Å². The average Bonchev–Trinajstić information content (AvgIpc) is 2.96. The summed E-state index contributed by atoms with van der Waals surface area (Å²) >= 11 is 0. The smallest absolute Gasteiger partial charge is 0.321 e. The van der Waals surface area contributed by atoms with Crippen LogP contribution < -0.4 is 5.32 Å². The van der Waals surface area contributed by atoms with E-state index in [4.69, 9.17) is 0 Å². The summed E-state index contributed by atoms with van der Waals surface area (Å²) in [4.78, 5) is 13.3. The summed E-state index contributed by atoms with van der Waals surface area (Å²) in [5, 5.41) is 7.26. The average molecular weight is 278 g/mol. The fourth-order valence-electron chi connectivity index (χ4n) is 2.71. The lowest BCUT2D eigenvalue weighted by molar-refractivity contribution is 0.218. The van der Waals surface area contributed by atoms with Gasteiger partial charge in [-0.25, -0.2) is 9.31 Å². The van der Waals surface area contributed by atoms with Crippen molar-refractivity contribution in [3.8, 4) is 11.3 Å². The molecule has 0 radical (unpaired) electrons. The van der Waals surface area contributed by atoms with Gasteiger partial charge in [0.2, 0.25) is 0 Å². The van der Waals surface area contributed by atoms with E-state index >= 15 is 0 Å². The minimum absolute atomic E-state index is 0.0653. The number of carbonyl (C=O) groups is 1. The summed E-state index contributed by atoms with van der Waals surface area (Å²) < 4.78 is 1.92. The van der Waals surface area contributed by atoms with Crippen LogP contribution in [0.25, 0.3) is 16.8 Å². The van der Waals surface area contributed by atoms with Crippen molar-refractivity contribution in [1.29, 1.82) is 0 Å². The summed E-state index contributed by atoms with van der Waals surface area (Å²) in [6, 6.07) is 14.1. The molecule has 5 nitrogen and oxygen atoms in total. The highest BCUT2D eigenvalue weighted by Gasteiger charge is 2.19. The zero-order valence-electron chi connectivity index (χ0n) is 11.6. The van der Waals surface area contributed by atoms with Crippen LogP contribution in [-0.4, -0.2) is 27.6 Å². The highest BCUT2D eigenvalue weighted by Crippen LogP contribution is 2.28. The van der Waals surface area contributed by atoms with Crippen LogP contribution in [0.3, 0.4) is 0 Å². The number of rotatable bonds is 1.